The molecule has 0 aliphatic heterocycles. The van der Waals surface area contributed by atoms with Crippen molar-refractivity contribution in [1.82, 2.24) is 0 Å². The number of hydrogen-bond acceptors (Lipinski definition) is 2. The Balaban J connectivity index is 1.86. The molecule has 0 aromatic heterocycles. The molecule has 3 aromatic rings. The molecule has 3 rings (SSSR count). The van der Waals surface area contributed by atoms with Crippen molar-refractivity contribution in [3.8, 4) is 0 Å². The number of nitrogens with one attached hydrogen (secondary N) is 1. The van der Waals surface area contributed by atoms with Crippen molar-refractivity contribution in [2.24, 2.45) is 0 Å². The summed E-state index contributed by atoms with van der Waals surface area (Å²) in [5.41, 5.74) is 3.67. The van der Waals surface area contributed by atoms with Gasteiger partial charge in [-0.1, -0.05) is 81.1 Å². The Morgan fingerprint density at radius 2 is 1.63 bits per heavy atom. The topological polar surface area (TPSA) is 29.1 Å². The summed E-state index contributed by atoms with van der Waals surface area (Å²) in [6, 6.07) is 20.8. The minimum absolute atomic E-state index is 0.0791. The van der Waals surface area contributed by atoms with Gasteiger partial charge in [0.25, 0.3) is 0 Å². The lowest BCUT2D eigenvalue weighted by Crippen LogP contribution is -2.16. The molecule has 2 nitrogen and oxygen atoms in total. The summed E-state index contributed by atoms with van der Waals surface area (Å²) in [4.78, 5) is 12.8. The van der Waals surface area contributed by atoms with E-state index in [1.807, 2.05) is 61.5 Å². The summed E-state index contributed by atoms with van der Waals surface area (Å²) in [7, 11) is 0. The van der Waals surface area contributed by atoms with Crippen LogP contribution in [0.1, 0.15) is 33.9 Å². The summed E-state index contributed by atoms with van der Waals surface area (Å²) in [5.74, 6) is 0.0791. The summed E-state index contributed by atoms with van der Waals surface area (Å²) in [6.07, 6.45) is 0.324. The Kier molecular flexibility index (Phi) is 6.59. The van der Waals surface area contributed by atoms with E-state index in [0.717, 1.165) is 21.3 Å². The number of rotatable bonds is 6. The van der Waals surface area contributed by atoms with Crippen LogP contribution in [-0.2, 0) is 0 Å². The zero-order chi connectivity index (χ0) is 19.4. The maximum atomic E-state index is 12.8. The average molecular weight is 463 g/mol. The zero-order valence-electron chi connectivity index (χ0n) is 14.7. The second kappa shape index (κ2) is 8.92. The Bertz CT molecular complexity index is 940. The molecule has 0 radical (unpaired) electrons. The largest absolute Gasteiger partial charge is 0.378 e. The molecule has 0 spiro atoms. The van der Waals surface area contributed by atoms with E-state index in [1.54, 1.807) is 12.1 Å². The number of anilines is 1. The second-order valence-electron chi connectivity index (χ2n) is 6.37. The van der Waals surface area contributed by atoms with Crippen LogP contribution in [0.4, 0.5) is 5.69 Å². The molecule has 27 heavy (non-hydrogen) atoms. The van der Waals surface area contributed by atoms with Crippen LogP contribution in [-0.4, -0.2) is 5.78 Å². The lowest BCUT2D eigenvalue weighted by Gasteiger charge is -2.20. The highest BCUT2D eigenvalue weighted by atomic mass is 79.9. The molecule has 138 valence electrons. The maximum Gasteiger partial charge on any atom is 0.165 e. The Morgan fingerprint density at radius 1 is 0.963 bits per heavy atom. The Labute approximate surface area is 177 Å². The van der Waals surface area contributed by atoms with Crippen molar-refractivity contribution in [2.45, 2.75) is 19.4 Å². The molecular formula is C22H18BrCl2NO. The van der Waals surface area contributed by atoms with Gasteiger partial charge in [-0.25, -0.2) is 0 Å². The number of carbonyl (C=O) groups excluding carboxylic acids is 1. The molecule has 1 atom stereocenters. The number of halogens is 3. The molecule has 3 aromatic carbocycles. The first-order valence-electron chi connectivity index (χ1n) is 8.49. The van der Waals surface area contributed by atoms with Crippen LogP contribution in [0.3, 0.4) is 0 Å². The number of carbonyl (C=O) groups is 1. The molecule has 0 aliphatic rings. The van der Waals surface area contributed by atoms with Crippen LogP contribution in [0, 0.1) is 6.92 Å². The molecule has 1 N–H and O–H groups in total. The molecule has 0 saturated heterocycles. The molecule has 0 aliphatic carbocycles. The zero-order valence-corrected chi connectivity index (χ0v) is 17.8. The Morgan fingerprint density at radius 3 is 2.26 bits per heavy atom. The quantitative estimate of drug-likeness (QED) is 0.384. The van der Waals surface area contributed by atoms with Gasteiger partial charge in [0.1, 0.15) is 0 Å². The van der Waals surface area contributed by atoms with E-state index in [-0.39, 0.29) is 11.8 Å². The van der Waals surface area contributed by atoms with Crippen molar-refractivity contribution in [1.29, 1.82) is 0 Å². The van der Waals surface area contributed by atoms with Crippen LogP contribution in [0.25, 0.3) is 0 Å². The van der Waals surface area contributed by atoms with Crippen molar-refractivity contribution in [3.63, 3.8) is 0 Å². The van der Waals surface area contributed by atoms with Crippen LogP contribution in [0.15, 0.2) is 71.2 Å². The van der Waals surface area contributed by atoms with Crippen LogP contribution >= 0.6 is 39.1 Å². The average Bonchev–Trinajstić information content (AvgIpc) is 2.65. The van der Waals surface area contributed by atoms with E-state index in [1.165, 1.54) is 0 Å². The molecule has 0 amide bonds. The highest BCUT2D eigenvalue weighted by Crippen LogP contribution is 2.30. The van der Waals surface area contributed by atoms with Crippen molar-refractivity contribution in [3.05, 3.63) is 97.9 Å². The second-order valence-corrected chi connectivity index (χ2v) is 8.10. The first-order chi connectivity index (χ1) is 12.9. The van der Waals surface area contributed by atoms with Gasteiger partial charge in [0, 0.05) is 22.1 Å². The lowest BCUT2D eigenvalue weighted by atomic mass is 9.97. The van der Waals surface area contributed by atoms with Crippen molar-refractivity contribution >= 4 is 50.6 Å². The summed E-state index contributed by atoms with van der Waals surface area (Å²) in [5, 5.41) is 4.39. The van der Waals surface area contributed by atoms with Crippen molar-refractivity contribution in [2.75, 3.05) is 5.32 Å². The highest BCUT2D eigenvalue weighted by molar-refractivity contribution is 9.10. The van der Waals surface area contributed by atoms with Gasteiger partial charge >= 0.3 is 0 Å². The summed E-state index contributed by atoms with van der Waals surface area (Å²) < 4.78 is 0.990. The number of aryl methyl sites for hydroxylation is 1. The van der Waals surface area contributed by atoms with E-state index in [9.17, 15) is 4.79 Å². The number of ketones is 1. The van der Waals surface area contributed by atoms with E-state index < -0.39 is 0 Å². The predicted octanol–water partition coefficient (Wildman–Crippen LogP) is 7.49. The van der Waals surface area contributed by atoms with Crippen LogP contribution in [0.5, 0.6) is 0 Å². The number of hydrogen-bond donors (Lipinski definition) is 1. The number of benzene rings is 3. The predicted molar refractivity (Wildman–Crippen MR) is 117 cm³/mol. The smallest absolute Gasteiger partial charge is 0.165 e. The summed E-state index contributed by atoms with van der Waals surface area (Å²) in [6.45, 7) is 2.00. The first kappa shape index (κ1) is 19.9. The molecule has 0 bridgehead atoms. The Hall–Kier alpha value is -1.81. The van der Waals surface area contributed by atoms with Crippen LogP contribution in [0.2, 0.25) is 10.0 Å². The first-order valence-corrected chi connectivity index (χ1v) is 10.0. The fourth-order valence-electron chi connectivity index (χ4n) is 2.78. The van der Waals surface area contributed by atoms with Gasteiger partial charge < -0.3 is 5.32 Å². The van der Waals surface area contributed by atoms with Crippen LogP contribution < -0.4 is 5.32 Å². The van der Waals surface area contributed by atoms with Gasteiger partial charge in [0.2, 0.25) is 0 Å². The van der Waals surface area contributed by atoms with Gasteiger partial charge in [-0.15, -0.1) is 0 Å². The fraction of sp³-hybridized carbons (Fsp3) is 0.136. The van der Waals surface area contributed by atoms with Gasteiger partial charge in [-0.2, -0.15) is 0 Å². The fourth-order valence-corrected chi connectivity index (χ4v) is 3.34. The molecule has 0 heterocycles. The molecule has 0 fully saturated rings. The van der Waals surface area contributed by atoms with E-state index in [0.29, 0.717) is 22.0 Å². The number of Topliss-reactive ketones (excluding diaryl/α,β-unsaturated/α-hetero) is 1. The SMILES string of the molecule is Cc1ccc(C(=O)C[C@H](Nc2ccc(Cl)c(Cl)c2)c2ccc(Br)cc2)cc1. The standard InChI is InChI=1S/C22H18BrCl2NO/c1-14-2-4-16(5-3-14)22(27)13-21(15-6-8-17(23)9-7-15)26-18-10-11-19(24)20(25)12-18/h2-12,21,26H,13H2,1H3/t21-/m0/s1. The minimum Gasteiger partial charge on any atom is -0.378 e. The molecule has 0 unspecified atom stereocenters. The lowest BCUT2D eigenvalue weighted by molar-refractivity contribution is 0.0976. The third-order valence-electron chi connectivity index (χ3n) is 4.30. The third kappa shape index (κ3) is 5.35. The highest BCUT2D eigenvalue weighted by Gasteiger charge is 2.18. The molecular weight excluding hydrogens is 445 g/mol. The summed E-state index contributed by atoms with van der Waals surface area (Å²) >= 11 is 15.6. The van der Waals surface area contributed by atoms with Crippen molar-refractivity contribution < 1.29 is 4.79 Å². The van der Waals surface area contributed by atoms with Gasteiger partial charge in [0.05, 0.1) is 16.1 Å². The van der Waals surface area contributed by atoms with Gasteiger partial charge in [0.15, 0.2) is 5.78 Å². The maximum absolute atomic E-state index is 12.8. The molecule has 5 heteroatoms. The van der Waals surface area contributed by atoms with E-state index in [2.05, 4.69) is 21.2 Å². The monoisotopic (exact) mass is 461 g/mol. The van der Waals surface area contributed by atoms with Gasteiger partial charge in [-0.05, 0) is 42.8 Å². The van der Waals surface area contributed by atoms with E-state index in [4.69, 9.17) is 23.2 Å². The third-order valence-corrected chi connectivity index (χ3v) is 5.56. The van der Waals surface area contributed by atoms with E-state index >= 15 is 0 Å². The minimum atomic E-state index is -0.191. The normalized spacial score (nSPS) is 11.9. The van der Waals surface area contributed by atoms with Gasteiger partial charge in [-0.3, -0.25) is 4.79 Å². The molecule has 0 saturated carbocycles.